The van der Waals surface area contributed by atoms with E-state index in [9.17, 15) is 0 Å². The molecule has 1 atom stereocenters. The van der Waals surface area contributed by atoms with Gasteiger partial charge in [0.15, 0.2) is 0 Å². The summed E-state index contributed by atoms with van der Waals surface area (Å²) in [5.74, 6) is 0. The molecule has 0 fully saturated rings. The van der Waals surface area contributed by atoms with Gasteiger partial charge in [-0.15, -0.1) is 0 Å². The van der Waals surface area contributed by atoms with E-state index in [2.05, 4.69) is 24.8 Å². The molecule has 17 heavy (non-hydrogen) atoms. The zero-order valence-electron chi connectivity index (χ0n) is 9.65. The molecule has 0 bridgehead atoms. The second kappa shape index (κ2) is 13.2. The number of benzene rings is 1. The Morgan fingerprint density at radius 2 is 1.71 bits per heavy atom. The van der Waals surface area contributed by atoms with Gasteiger partial charge in [0.05, 0.1) is 11.4 Å². The van der Waals surface area contributed by atoms with Gasteiger partial charge < -0.3 is 9.11 Å². The molecule has 0 amide bonds. The Labute approximate surface area is 116 Å². The van der Waals surface area contributed by atoms with Crippen molar-refractivity contribution in [3.8, 4) is 0 Å². The fourth-order valence-corrected chi connectivity index (χ4v) is 0.874. The predicted molar refractivity (Wildman–Crippen MR) is 66.4 cm³/mol. The van der Waals surface area contributed by atoms with Gasteiger partial charge in [0.25, 0.3) is 0 Å². The maximum atomic E-state index is 8.56. The van der Waals surface area contributed by atoms with Crippen molar-refractivity contribution in [2.75, 3.05) is 0 Å². The molecule has 1 N–H and O–H groups in total. The molecule has 1 aromatic rings. The Kier molecular flexibility index (Phi) is 14.3. The smallest absolute Gasteiger partial charge is 0.750 e. The molecule has 1 aromatic carbocycles. The monoisotopic (exact) mass is 244 g/mol. The van der Waals surface area contributed by atoms with Gasteiger partial charge in [0, 0.05) is 0 Å². The number of rotatable bonds is 3. The minimum absolute atomic E-state index is 0. The van der Waals surface area contributed by atoms with Crippen LogP contribution in [-0.2, 0) is 11.4 Å². The van der Waals surface area contributed by atoms with Crippen LogP contribution in [0.1, 0.15) is 5.56 Å². The minimum Gasteiger partial charge on any atom is -0.750 e. The Bertz CT molecular complexity index is 371. The first-order chi connectivity index (χ1) is 7.66. The fourth-order valence-electron chi connectivity index (χ4n) is 0.874. The Morgan fingerprint density at radius 3 is 2.18 bits per heavy atom. The van der Waals surface area contributed by atoms with Crippen molar-refractivity contribution >= 4 is 17.4 Å². The van der Waals surface area contributed by atoms with E-state index in [0.717, 1.165) is 0 Å². The van der Waals surface area contributed by atoms with Gasteiger partial charge in [0.2, 0.25) is 0 Å². The summed E-state index contributed by atoms with van der Waals surface area (Å²) in [6, 6.07) is 10.2. The summed E-state index contributed by atoms with van der Waals surface area (Å²) < 4.78 is 24.1. The molecular weight excluding hydrogens is 231 g/mol. The topological polar surface area (TPSA) is 60.4 Å². The molecule has 1 unspecified atom stereocenters. The van der Waals surface area contributed by atoms with Crippen LogP contribution in [0.25, 0.3) is 6.08 Å². The third-order valence-corrected chi connectivity index (χ3v) is 1.45. The van der Waals surface area contributed by atoms with Crippen molar-refractivity contribution < 1.29 is 32.2 Å². The van der Waals surface area contributed by atoms with Crippen LogP contribution in [0.4, 0.5) is 0 Å². The van der Waals surface area contributed by atoms with Gasteiger partial charge in [-0.3, -0.25) is 0 Å². The van der Waals surface area contributed by atoms with Crippen molar-refractivity contribution in [1.82, 2.24) is 0 Å². The second-order valence-electron chi connectivity index (χ2n) is 2.61. The van der Waals surface area contributed by atoms with Crippen LogP contribution in [-0.4, -0.2) is 13.3 Å². The van der Waals surface area contributed by atoms with E-state index in [1.54, 1.807) is 6.08 Å². The van der Waals surface area contributed by atoms with Gasteiger partial charge >= 0.3 is 18.9 Å². The molecule has 5 heteroatoms. The third kappa shape index (κ3) is 15.1. The van der Waals surface area contributed by atoms with Crippen molar-refractivity contribution in [2.45, 2.75) is 0 Å². The molecule has 0 heterocycles. The first kappa shape index (κ1) is 18.5. The summed E-state index contributed by atoms with van der Waals surface area (Å²) in [6.07, 6.45) is 9.67. The summed E-state index contributed by atoms with van der Waals surface area (Å²) in [6.45, 7) is 3.58. The average molecular weight is 244 g/mol. The van der Waals surface area contributed by atoms with Crippen LogP contribution in [0, 0.1) is 0 Å². The van der Waals surface area contributed by atoms with Crippen molar-refractivity contribution in [3.63, 3.8) is 0 Å². The van der Waals surface area contributed by atoms with E-state index in [1.807, 2.05) is 36.4 Å². The van der Waals surface area contributed by atoms with E-state index in [1.165, 1.54) is 5.56 Å². The third-order valence-electron chi connectivity index (χ3n) is 1.45. The van der Waals surface area contributed by atoms with E-state index in [0.29, 0.717) is 0 Å². The fraction of sp³-hybridized carbons (Fsp3) is 0. The molecule has 0 aromatic heterocycles. The van der Waals surface area contributed by atoms with Crippen LogP contribution in [0.5, 0.6) is 0 Å². The van der Waals surface area contributed by atoms with Gasteiger partial charge in [-0.05, 0) is 5.56 Å². The standard InChI is InChI=1S/C12H12.Li.H2O3S/c1-2-3-4-6-9-12-10-7-5-8-11-12;;1-4(2)3/h2-11H,1H2;;(H2,1,2,3)/q;+1;/p-1. The summed E-state index contributed by atoms with van der Waals surface area (Å²) in [5.41, 5.74) is 1.21. The van der Waals surface area contributed by atoms with Gasteiger partial charge in [-0.2, -0.15) is 0 Å². The van der Waals surface area contributed by atoms with Crippen molar-refractivity contribution in [2.24, 2.45) is 0 Å². The normalized spacial score (nSPS) is 11.4. The van der Waals surface area contributed by atoms with Crippen molar-refractivity contribution in [1.29, 1.82) is 0 Å². The van der Waals surface area contributed by atoms with Gasteiger partial charge in [0.1, 0.15) is 0 Å². The Balaban J connectivity index is 0. The molecule has 0 spiro atoms. The first-order valence-corrected chi connectivity index (χ1v) is 5.49. The number of allylic oxidation sites excluding steroid dienone is 4. The first-order valence-electron chi connectivity index (χ1n) is 4.46. The molecule has 1 rings (SSSR count). The summed E-state index contributed by atoms with van der Waals surface area (Å²) in [4.78, 5) is 0. The SMILES string of the molecule is C=CC=CC=Cc1ccccc1.O=S([O-])O.[Li+]. The molecule has 0 saturated carbocycles. The molecular formula is C12H13LiO3S. The van der Waals surface area contributed by atoms with E-state index < -0.39 is 11.4 Å². The largest absolute Gasteiger partial charge is 1.00 e. The molecule has 0 saturated heterocycles. The summed E-state index contributed by atoms with van der Waals surface area (Å²) >= 11 is -2.86. The predicted octanol–water partition coefficient (Wildman–Crippen LogP) is -0.216. The zero-order chi connectivity index (χ0) is 12.2. The Morgan fingerprint density at radius 1 is 1.18 bits per heavy atom. The van der Waals surface area contributed by atoms with Gasteiger partial charge in [-0.1, -0.05) is 67.3 Å². The minimum atomic E-state index is -2.86. The van der Waals surface area contributed by atoms with E-state index >= 15 is 0 Å². The summed E-state index contributed by atoms with van der Waals surface area (Å²) in [5, 5.41) is 0. The van der Waals surface area contributed by atoms with E-state index in [4.69, 9.17) is 13.3 Å². The van der Waals surface area contributed by atoms with Crippen LogP contribution in [0.15, 0.2) is 61.2 Å². The molecule has 0 aliphatic rings. The van der Waals surface area contributed by atoms with Crippen LogP contribution in [0.2, 0.25) is 0 Å². The second-order valence-corrected chi connectivity index (χ2v) is 3.04. The molecule has 0 radical (unpaired) electrons. The zero-order valence-corrected chi connectivity index (χ0v) is 10.5. The number of hydrogen-bond donors (Lipinski definition) is 1. The quantitative estimate of drug-likeness (QED) is 0.454. The maximum absolute atomic E-state index is 8.56. The molecule has 0 aliphatic carbocycles. The number of hydrogen-bond acceptors (Lipinski definition) is 2. The maximum Gasteiger partial charge on any atom is 1.00 e. The van der Waals surface area contributed by atoms with Gasteiger partial charge in [-0.25, -0.2) is 4.21 Å². The summed E-state index contributed by atoms with van der Waals surface area (Å²) in [7, 11) is 0. The van der Waals surface area contributed by atoms with Crippen molar-refractivity contribution in [3.05, 3.63) is 66.8 Å². The van der Waals surface area contributed by atoms with Crippen LogP contribution in [0.3, 0.4) is 0 Å². The Hall–Kier alpha value is -0.893. The van der Waals surface area contributed by atoms with Crippen LogP contribution < -0.4 is 18.9 Å². The van der Waals surface area contributed by atoms with Crippen LogP contribution >= 0.6 is 0 Å². The van der Waals surface area contributed by atoms with E-state index in [-0.39, 0.29) is 18.9 Å². The molecule has 3 nitrogen and oxygen atoms in total. The molecule has 86 valence electrons. The average Bonchev–Trinajstić information content (AvgIpc) is 2.25. The molecule has 0 aliphatic heterocycles.